The van der Waals surface area contributed by atoms with E-state index in [0.29, 0.717) is 36.0 Å². The van der Waals surface area contributed by atoms with E-state index in [2.05, 4.69) is 45.6 Å². The van der Waals surface area contributed by atoms with Crippen LogP contribution in [0.5, 0.6) is 5.88 Å². The lowest BCUT2D eigenvalue weighted by molar-refractivity contribution is -0.143. The summed E-state index contributed by atoms with van der Waals surface area (Å²) in [5, 5.41) is 14.0. The smallest absolute Gasteiger partial charge is 0.308 e. The Hall–Kier alpha value is -3.13. The van der Waals surface area contributed by atoms with Crippen LogP contribution in [0, 0.1) is 28.3 Å². The Labute approximate surface area is 229 Å². The van der Waals surface area contributed by atoms with E-state index in [9.17, 15) is 14.7 Å². The van der Waals surface area contributed by atoms with Crippen LogP contribution in [0.3, 0.4) is 0 Å². The molecule has 192 valence electrons. The summed E-state index contributed by atoms with van der Waals surface area (Å²) >= 11 is 2.34. The van der Waals surface area contributed by atoms with E-state index in [-0.39, 0.29) is 12.0 Å². The highest BCUT2D eigenvalue weighted by molar-refractivity contribution is 14.1. The fourth-order valence-corrected chi connectivity index (χ4v) is 5.52. The molecule has 5 rings (SSSR count). The highest BCUT2D eigenvalue weighted by Crippen LogP contribution is 2.47. The van der Waals surface area contributed by atoms with E-state index < -0.39 is 11.9 Å². The molecule has 1 amide bonds. The highest BCUT2D eigenvalue weighted by atomic mass is 127. The average molecular weight is 612 g/mol. The van der Waals surface area contributed by atoms with Gasteiger partial charge in [0.1, 0.15) is 11.9 Å². The number of carboxylic acid groups (broad SMARTS) is 1. The van der Waals surface area contributed by atoms with Crippen molar-refractivity contribution in [3.8, 4) is 17.7 Å². The number of amides is 1. The van der Waals surface area contributed by atoms with Crippen molar-refractivity contribution < 1.29 is 19.4 Å². The van der Waals surface area contributed by atoms with Gasteiger partial charge in [-0.2, -0.15) is 0 Å². The average Bonchev–Trinajstić information content (AvgIpc) is 3.67. The molecule has 0 bridgehead atoms. The number of hydrogen-bond acceptors (Lipinski definition) is 5. The maximum atomic E-state index is 13.4. The van der Waals surface area contributed by atoms with Crippen molar-refractivity contribution in [3.05, 3.63) is 39.0 Å². The Morgan fingerprint density at radius 2 is 2.00 bits per heavy atom. The zero-order valence-corrected chi connectivity index (χ0v) is 23.3. The molecule has 37 heavy (non-hydrogen) atoms. The molecular weight excluding hydrogens is 583 g/mol. The van der Waals surface area contributed by atoms with Crippen molar-refractivity contribution in [1.29, 1.82) is 0 Å². The largest absolute Gasteiger partial charge is 0.481 e. The molecule has 0 unspecified atom stereocenters. The molecule has 0 saturated heterocycles. The number of benzene rings is 1. The summed E-state index contributed by atoms with van der Waals surface area (Å²) in [7, 11) is 1.82. The Morgan fingerprint density at radius 1 is 1.22 bits per heavy atom. The van der Waals surface area contributed by atoms with E-state index in [0.717, 1.165) is 51.6 Å². The third-order valence-electron chi connectivity index (χ3n) is 7.14. The summed E-state index contributed by atoms with van der Waals surface area (Å²) in [6.45, 7) is 3.68. The standard InChI is InChI=1S/C28H29IN4O4/c1-4-6-25(34)33(23-13-16(2)21(29)15-20(23)17-9-10-17)24-12-11-22-26(30-24)27(31-32(22)3)37-19-8-5-7-18(14-19)28(35)36/h11-13,15,17-19H,5,7-10,14H2,1-3H3,(H,35,36)/t18-,19-/m0/s1. The van der Waals surface area contributed by atoms with Gasteiger partial charge in [0.05, 0.1) is 17.1 Å². The predicted molar refractivity (Wildman–Crippen MR) is 149 cm³/mol. The first kappa shape index (κ1) is 25.5. The summed E-state index contributed by atoms with van der Waals surface area (Å²) in [5.41, 5.74) is 4.32. The van der Waals surface area contributed by atoms with Gasteiger partial charge in [-0.05, 0) is 122 Å². The second kappa shape index (κ2) is 10.3. The number of aliphatic carboxylic acids is 1. The number of anilines is 2. The van der Waals surface area contributed by atoms with E-state index >= 15 is 0 Å². The molecule has 2 atom stereocenters. The molecule has 0 radical (unpaired) electrons. The molecule has 3 aromatic rings. The Balaban J connectivity index is 1.58. The highest BCUT2D eigenvalue weighted by Gasteiger charge is 2.32. The first-order valence-corrected chi connectivity index (χ1v) is 13.6. The van der Waals surface area contributed by atoms with Gasteiger partial charge in [0.25, 0.3) is 5.88 Å². The van der Waals surface area contributed by atoms with Gasteiger partial charge >= 0.3 is 11.9 Å². The van der Waals surface area contributed by atoms with Crippen LogP contribution in [0.15, 0.2) is 24.3 Å². The van der Waals surface area contributed by atoms with Crippen molar-refractivity contribution in [2.24, 2.45) is 13.0 Å². The van der Waals surface area contributed by atoms with Crippen LogP contribution in [-0.2, 0) is 16.6 Å². The monoisotopic (exact) mass is 612 g/mol. The number of pyridine rings is 1. The fraction of sp³-hybridized carbons (Fsp3) is 0.429. The number of halogens is 1. The van der Waals surface area contributed by atoms with Gasteiger partial charge in [-0.25, -0.2) is 4.98 Å². The molecule has 2 fully saturated rings. The number of nitrogens with zero attached hydrogens (tertiary/aromatic N) is 4. The van der Waals surface area contributed by atoms with Crippen molar-refractivity contribution in [2.45, 2.75) is 64.4 Å². The molecular formula is C28H29IN4O4. The minimum absolute atomic E-state index is 0.248. The van der Waals surface area contributed by atoms with Crippen LogP contribution >= 0.6 is 22.6 Å². The first-order chi connectivity index (χ1) is 17.8. The van der Waals surface area contributed by atoms with Crippen LogP contribution < -0.4 is 9.64 Å². The van der Waals surface area contributed by atoms with Crippen LogP contribution in [0.1, 0.15) is 62.5 Å². The molecule has 8 nitrogen and oxygen atoms in total. The number of ether oxygens (including phenoxy) is 1. The molecule has 2 aliphatic rings. The summed E-state index contributed by atoms with van der Waals surface area (Å²) in [6, 6.07) is 7.91. The maximum Gasteiger partial charge on any atom is 0.308 e. The quantitative estimate of drug-likeness (QED) is 0.293. The van der Waals surface area contributed by atoms with Gasteiger partial charge in [0.2, 0.25) is 0 Å². The van der Waals surface area contributed by atoms with Crippen LogP contribution in [0.25, 0.3) is 11.0 Å². The van der Waals surface area contributed by atoms with E-state index in [4.69, 9.17) is 9.72 Å². The van der Waals surface area contributed by atoms with Crippen molar-refractivity contribution in [3.63, 3.8) is 0 Å². The number of carbonyl (C=O) groups is 2. The van der Waals surface area contributed by atoms with Crippen molar-refractivity contribution in [2.75, 3.05) is 4.90 Å². The lowest BCUT2D eigenvalue weighted by Gasteiger charge is -2.26. The van der Waals surface area contributed by atoms with Crippen molar-refractivity contribution >= 4 is 57.0 Å². The minimum atomic E-state index is -0.787. The minimum Gasteiger partial charge on any atom is -0.481 e. The molecule has 0 spiro atoms. The van der Waals surface area contributed by atoms with E-state index in [1.165, 1.54) is 0 Å². The number of fused-ring (bicyclic) bond motifs is 1. The number of carboxylic acids is 1. The van der Waals surface area contributed by atoms with Crippen molar-refractivity contribution in [1.82, 2.24) is 14.8 Å². The summed E-state index contributed by atoms with van der Waals surface area (Å²) in [6.07, 6.45) is 4.61. The van der Waals surface area contributed by atoms with Crippen LogP contribution in [-0.4, -0.2) is 37.9 Å². The lowest BCUT2D eigenvalue weighted by atomic mass is 9.87. The summed E-state index contributed by atoms with van der Waals surface area (Å²) in [4.78, 5) is 31.4. The number of aryl methyl sites for hydroxylation is 2. The van der Waals surface area contributed by atoms with E-state index in [1.807, 2.05) is 32.2 Å². The van der Waals surface area contributed by atoms with Gasteiger partial charge in [0, 0.05) is 10.6 Å². The topological polar surface area (TPSA) is 97.6 Å². The number of aromatic nitrogens is 3. The maximum absolute atomic E-state index is 13.4. The molecule has 2 saturated carbocycles. The third-order valence-corrected chi connectivity index (χ3v) is 8.30. The van der Waals surface area contributed by atoms with Crippen LogP contribution in [0.2, 0.25) is 0 Å². The Kier molecular flexibility index (Phi) is 7.12. The lowest BCUT2D eigenvalue weighted by Crippen LogP contribution is -2.29. The Bertz CT molecular complexity index is 1450. The normalized spacial score (nSPS) is 19.2. The molecule has 2 heterocycles. The van der Waals surface area contributed by atoms with Gasteiger partial charge in [-0.1, -0.05) is 5.92 Å². The molecule has 0 aliphatic heterocycles. The second-order valence-corrected chi connectivity index (χ2v) is 11.0. The van der Waals surface area contributed by atoms with Gasteiger partial charge in [0.15, 0.2) is 5.52 Å². The second-order valence-electron chi connectivity index (χ2n) is 9.86. The third kappa shape index (κ3) is 5.17. The summed E-state index contributed by atoms with van der Waals surface area (Å²) < 4.78 is 9.09. The van der Waals surface area contributed by atoms with Gasteiger partial charge < -0.3 is 9.84 Å². The molecule has 1 aromatic carbocycles. The Morgan fingerprint density at radius 3 is 2.70 bits per heavy atom. The first-order valence-electron chi connectivity index (χ1n) is 12.6. The van der Waals surface area contributed by atoms with E-state index in [1.54, 1.807) is 16.5 Å². The zero-order valence-electron chi connectivity index (χ0n) is 21.1. The SMILES string of the molecule is CC#CC(=O)N(c1ccc2c(n1)c(O[C@H]1CCC[C@H](C(=O)O)C1)nn2C)c1cc(C)c(I)cc1C1CC1. The zero-order chi connectivity index (χ0) is 26.3. The van der Waals surface area contributed by atoms with Crippen LogP contribution in [0.4, 0.5) is 11.5 Å². The molecule has 2 aromatic heterocycles. The summed E-state index contributed by atoms with van der Waals surface area (Å²) in [5.74, 6) is 5.11. The predicted octanol–water partition coefficient (Wildman–Crippen LogP) is 5.47. The van der Waals surface area contributed by atoms with Gasteiger partial charge in [-0.15, -0.1) is 5.10 Å². The number of hydrogen-bond donors (Lipinski definition) is 1. The number of rotatable bonds is 6. The van der Waals surface area contributed by atoms with Gasteiger partial charge in [-0.3, -0.25) is 19.2 Å². The fourth-order valence-electron chi connectivity index (χ4n) is 5.03. The molecule has 1 N–H and O–H groups in total. The number of carbonyl (C=O) groups excluding carboxylic acids is 1. The molecule has 2 aliphatic carbocycles. The molecule has 9 heteroatoms.